The molecule has 0 spiro atoms. The van der Waals surface area contributed by atoms with E-state index in [1.54, 1.807) is 11.1 Å². The molecule has 0 saturated heterocycles. The molecule has 0 nitrogen and oxygen atoms in total. The summed E-state index contributed by atoms with van der Waals surface area (Å²) in [6.07, 6.45) is 8.10. The van der Waals surface area contributed by atoms with Gasteiger partial charge >= 0.3 is 0 Å². The third kappa shape index (κ3) is 1.20. The molecule has 0 fully saturated rings. The van der Waals surface area contributed by atoms with Gasteiger partial charge in [0.1, 0.15) is 0 Å². The van der Waals surface area contributed by atoms with Crippen molar-refractivity contribution in [3.8, 4) is 0 Å². The Hall–Kier alpha value is -0.303. The molecule has 0 amide bonds. The minimum atomic E-state index is 0.881. The molecule has 12 heavy (non-hydrogen) atoms. The van der Waals surface area contributed by atoms with Gasteiger partial charge in [-0.1, -0.05) is 23.3 Å². The van der Waals surface area contributed by atoms with Crippen LogP contribution in [0.4, 0.5) is 0 Å². The molecule has 0 aromatic carbocycles. The molecular weight excluding hydrogens is 160 g/mol. The third-order valence-electron chi connectivity index (χ3n) is 3.34. The first-order valence-electron chi connectivity index (χ1n) is 5.23. The zero-order chi connectivity index (χ0) is 8.55. The second kappa shape index (κ2) is 3.21. The monoisotopic (exact) mass is 178 g/mol. The third-order valence-corrected chi connectivity index (χ3v) is 4.15. The molecular formula is C11H18Si. The second-order valence-electron chi connectivity index (χ2n) is 4.11. The summed E-state index contributed by atoms with van der Waals surface area (Å²) in [6, 6.07) is 1.45. The Morgan fingerprint density at radius 3 is 2.92 bits per heavy atom. The summed E-state index contributed by atoms with van der Waals surface area (Å²) in [5, 5.41) is 0. The van der Waals surface area contributed by atoms with Gasteiger partial charge in [-0.25, -0.2) is 0 Å². The maximum Gasteiger partial charge on any atom is 0.00396 e. The highest BCUT2D eigenvalue weighted by Gasteiger charge is 2.24. The fourth-order valence-corrected chi connectivity index (χ4v) is 3.87. The van der Waals surface area contributed by atoms with Crippen molar-refractivity contribution in [2.24, 2.45) is 5.92 Å². The zero-order valence-corrected chi connectivity index (χ0v) is 10.2. The first kappa shape index (κ1) is 8.30. The first-order chi connectivity index (χ1) is 5.83. The van der Waals surface area contributed by atoms with Crippen molar-refractivity contribution in [2.45, 2.75) is 38.7 Å². The summed E-state index contributed by atoms with van der Waals surface area (Å²) in [6.45, 7) is 2.32. The highest BCUT2D eigenvalue weighted by Crippen LogP contribution is 2.41. The van der Waals surface area contributed by atoms with Gasteiger partial charge in [0.15, 0.2) is 0 Å². The van der Waals surface area contributed by atoms with Gasteiger partial charge in [0.2, 0.25) is 0 Å². The molecule has 0 radical (unpaired) electrons. The van der Waals surface area contributed by atoms with E-state index >= 15 is 0 Å². The summed E-state index contributed by atoms with van der Waals surface area (Å²) in [5.74, 6) is 0.881. The summed E-state index contributed by atoms with van der Waals surface area (Å²) >= 11 is 0. The predicted octanol–water partition coefficient (Wildman–Crippen LogP) is 2.22. The van der Waals surface area contributed by atoms with Crippen LogP contribution in [0.25, 0.3) is 0 Å². The molecule has 2 aliphatic carbocycles. The van der Waals surface area contributed by atoms with Crippen molar-refractivity contribution >= 4 is 10.2 Å². The van der Waals surface area contributed by atoms with Crippen LogP contribution in [0.3, 0.4) is 0 Å². The van der Waals surface area contributed by atoms with Crippen LogP contribution >= 0.6 is 0 Å². The van der Waals surface area contributed by atoms with Crippen molar-refractivity contribution in [1.82, 2.24) is 0 Å². The van der Waals surface area contributed by atoms with Gasteiger partial charge in [0.05, 0.1) is 0 Å². The van der Waals surface area contributed by atoms with Crippen LogP contribution in [-0.4, -0.2) is 10.2 Å². The molecule has 0 aliphatic heterocycles. The molecule has 66 valence electrons. The van der Waals surface area contributed by atoms with Crippen LogP contribution in [0.15, 0.2) is 22.8 Å². The van der Waals surface area contributed by atoms with E-state index in [1.165, 1.54) is 42.0 Å². The lowest BCUT2D eigenvalue weighted by molar-refractivity contribution is 0.636. The maximum atomic E-state index is 2.47. The molecule has 1 unspecified atom stereocenters. The van der Waals surface area contributed by atoms with Crippen LogP contribution < -0.4 is 0 Å². The van der Waals surface area contributed by atoms with E-state index in [1.807, 2.05) is 5.57 Å². The topological polar surface area (TPSA) is 0 Å². The number of rotatable bonds is 1. The fourth-order valence-electron chi connectivity index (χ4n) is 2.73. The van der Waals surface area contributed by atoms with Crippen molar-refractivity contribution in [2.75, 3.05) is 0 Å². The molecule has 1 heteroatoms. The van der Waals surface area contributed by atoms with Crippen LogP contribution in [0.5, 0.6) is 0 Å². The number of allylic oxidation sites excluding steroid dienone is 4. The van der Waals surface area contributed by atoms with Gasteiger partial charge in [-0.2, -0.15) is 0 Å². The minimum Gasteiger partial charge on any atom is -0.0662 e. The fraction of sp³-hybridized carbons (Fsp3) is 0.636. The van der Waals surface area contributed by atoms with Crippen molar-refractivity contribution in [3.63, 3.8) is 0 Å². The average Bonchev–Trinajstić information content (AvgIpc) is 2.40. The van der Waals surface area contributed by atoms with Crippen LogP contribution in [0.1, 0.15) is 32.6 Å². The molecule has 2 aliphatic rings. The summed E-state index contributed by atoms with van der Waals surface area (Å²) in [4.78, 5) is 0. The molecule has 1 atom stereocenters. The Bertz CT molecular complexity index is 248. The molecule has 0 N–H and O–H groups in total. The highest BCUT2D eigenvalue weighted by molar-refractivity contribution is 6.09. The summed E-state index contributed by atoms with van der Waals surface area (Å²) < 4.78 is 0. The molecule has 0 aromatic rings. The van der Waals surface area contributed by atoms with E-state index < -0.39 is 0 Å². The lowest BCUT2D eigenvalue weighted by atomic mass is 9.88. The van der Waals surface area contributed by atoms with E-state index in [2.05, 4.69) is 13.0 Å². The smallest absolute Gasteiger partial charge is 0.00396 e. The zero-order valence-electron chi connectivity index (χ0n) is 8.19. The largest absolute Gasteiger partial charge is 0.0662 e. The molecule has 0 bridgehead atoms. The van der Waals surface area contributed by atoms with Gasteiger partial charge in [0.25, 0.3) is 0 Å². The SMILES string of the molecule is CC1=CC2=C(CCCC2)C1C[SiH3]. The Morgan fingerprint density at radius 1 is 1.42 bits per heavy atom. The van der Waals surface area contributed by atoms with Crippen molar-refractivity contribution in [3.05, 3.63) is 22.8 Å². The standard InChI is InChI=1S/C11H18Si/c1-8-6-9-4-2-3-5-10(9)11(8)7-12/h6,11H,2-5,7H2,1,12H3. The summed E-state index contributed by atoms with van der Waals surface area (Å²) in [5.41, 5.74) is 5.17. The van der Waals surface area contributed by atoms with E-state index in [0.717, 1.165) is 5.92 Å². The van der Waals surface area contributed by atoms with Crippen LogP contribution in [0, 0.1) is 5.92 Å². The molecule has 0 saturated carbocycles. The highest BCUT2D eigenvalue weighted by atomic mass is 28.1. The van der Waals surface area contributed by atoms with Crippen molar-refractivity contribution in [1.29, 1.82) is 0 Å². The molecule has 0 aromatic heterocycles. The molecule has 2 rings (SSSR count). The van der Waals surface area contributed by atoms with Gasteiger partial charge in [-0.15, -0.1) is 0 Å². The molecule has 0 heterocycles. The predicted molar refractivity (Wildman–Crippen MR) is 57.5 cm³/mol. The average molecular weight is 178 g/mol. The van der Waals surface area contributed by atoms with E-state index in [-0.39, 0.29) is 0 Å². The van der Waals surface area contributed by atoms with Gasteiger partial charge in [-0.3, -0.25) is 0 Å². The number of hydrogen-bond donors (Lipinski definition) is 0. The van der Waals surface area contributed by atoms with Gasteiger partial charge < -0.3 is 0 Å². The van der Waals surface area contributed by atoms with Gasteiger partial charge in [-0.05, 0) is 44.1 Å². The summed E-state index contributed by atoms with van der Waals surface area (Å²) in [7, 11) is 1.36. The van der Waals surface area contributed by atoms with Crippen molar-refractivity contribution < 1.29 is 0 Å². The number of hydrogen-bond acceptors (Lipinski definition) is 0. The Morgan fingerprint density at radius 2 is 2.17 bits per heavy atom. The van der Waals surface area contributed by atoms with Crippen LogP contribution in [-0.2, 0) is 0 Å². The van der Waals surface area contributed by atoms with E-state index in [9.17, 15) is 0 Å². The van der Waals surface area contributed by atoms with E-state index in [4.69, 9.17) is 0 Å². The first-order valence-corrected chi connectivity index (χ1v) is 6.64. The maximum absolute atomic E-state index is 2.47. The Balaban J connectivity index is 2.26. The second-order valence-corrected chi connectivity index (χ2v) is 4.92. The lowest BCUT2D eigenvalue weighted by Crippen LogP contribution is -2.05. The normalized spacial score (nSPS) is 29.1. The quantitative estimate of drug-likeness (QED) is 0.540. The Kier molecular flexibility index (Phi) is 2.22. The minimum absolute atomic E-state index is 0.881. The Labute approximate surface area is 78.2 Å². The van der Waals surface area contributed by atoms with E-state index in [0.29, 0.717) is 0 Å². The van der Waals surface area contributed by atoms with Gasteiger partial charge in [0, 0.05) is 10.2 Å². The lowest BCUT2D eigenvalue weighted by Gasteiger charge is -2.19. The van der Waals surface area contributed by atoms with Crippen LogP contribution in [0.2, 0.25) is 6.04 Å².